The minimum atomic E-state index is -0.764. The molecule has 0 radical (unpaired) electrons. The van der Waals surface area contributed by atoms with E-state index in [0.717, 1.165) is 39.3 Å². The van der Waals surface area contributed by atoms with E-state index in [1.54, 1.807) is 0 Å². The van der Waals surface area contributed by atoms with Gasteiger partial charge >= 0.3 is 17.9 Å². The van der Waals surface area contributed by atoms with Crippen molar-refractivity contribution in [2.45, 2.75) is 34.1 Å². The summed E-state index contributed by atoms with van der Waals surface area (Å²) in [5.74, 6) is -1.52. The average molecular weight is 468 g/mol. The molecule has 188 valence electrons. The maximum Gasteiger partial charge on any atom is 0.309 e. The van der Waals surface area contributed by atoms with Crippen LogP contribution in [0, 0.1) is 23.2 Å². The van der Waals surface area contributed by atoms with E-state index < -0.39 is 5.41 Å². The Morgan fingerprint density at radius 3 is 1.12 bits per heavy atom. The van der Waals surface area contributed by atoms with Gasteiger partial charge < -0.3 is 14.2 Å². The minimum absolute atomic E-state index is 0.0498. The molecule has 0 spiro atoms. The molecular weight excluding hydrogens is 426 g/mol. The van der Waals surface area contributed by atoms with Crippen LogP contribution in [0.15, 0.2) is 0 Å². The largest absolute Gasteiger partial charge is 0.465 e. The summed E-state index contributed by atoms with van der Waals surface area (Å²) in [7, 11) is 0. The highest BCUT2D eigenvalue weighted by molar-refractivity contribution is 5.73. The van der Waals surface area contributed by atoms with E-state index in [-0.39, 0.29) is 55.5 Å². The van der Waals surface area contributed by atoms with Crippen LogP contribution in [0.25, 0.3) is 0 Å². The molecule has 9 heteroatoms. The summed E-state index contributed by atoms with van der Waals surface area (Å²) in [6.07, 6.45) is 0.544. The Hall–Kier alpha value is -1.71. The minimum Gasteiger partial charge on any atom is -0.465 e. The van der Waals surface area contributed by atoms with Crippen molar-refractivity contribution >= 4 is 17.9 Å². The van der Waals surface area contributed by atoms with Gasteiger partial charge in [-0.05, 0) is 6.42 Å². The summed E-state index contributed by atoms with van der Waals surface area (Å²) >= 11 is 0. The fourth-order valence-electron chi connectivity index (χ4n) is 3.68. The molecule has 33 heavy (non-hydrogen) atoms. The molecule has 3 atom stereocenters. The van der Waals surface area contributed by atoms with Gasteiger partial charge in [0.1, 0.15) is 19.8 Å². The second kappa shape index (κ2) is 11.6. The van der Waals surface area contributed by atoms with E-state index in [1.165, 1.54) is 0 Å². The fraction of sp³-hybridized carbons (Fsp3) is 0.875. The lowest BCUT2D eigenvalue weighted by Crippen LogP contribution is -2.41. The molecule has 0 aliphatic carbocycles. The summed E-state index contributed by atoms with van der Waals surface area (Å²) in [4.78, 5) is 44.2. The second-order valence-corrected chi connectivity index (χ2v) is 10.3. The molecular formula is C24H41N3O6. The molecule has 0 N–H and O–H groups in total. The van der Waals surface area contributed by atoms with Crippen LogP contribution >= 0.6 is 0 Å². The van der Waals surface area contributed by atoms with Crippen LogP contribution in [0.4, 0.5) is 0 Å². The summed E-state index contributed by atoms with van der Waals surface area (Å²) in [6, 6.07) is 0. The predicted octanol–water partition coefficient (Wildman–Crippen LogP) is 0.868. The molecule has 3 aliphatic rings. The van der Waals surface area contributed by atoms with Gasteiger partial charge in [-0.3, -0.25) is 29.1 Å². The van der Waals surface area contributed by atoms with Crippen molar-refractivity contribution in [2.75, 3.05) is 78.7 Å². The Morgan fingerprint density at radius 1 is 0.636 bits per heavy atom. The monoisotopic (exact) mass is 467 g/mol. The molecule has 0 aromatic carbocycles. The Bertz CT molecular complexity index is 601. The number of nitrogens with zero attached hydrogens (tertiary/aromatic N) is 3. The van der Waals surface area contributed by atoms with Gasteiger partial charge in [0.25, 0.3) is 0 Å². The molecule has 3 saturated heterocycles. The van der Waals surface area contributed by atoms with E-state index >= 15 is 0 Å². The third kappa shape index (κ3) is 8.87. The van der Waals surface area contributed by atoms with Gasteiger partial charge in [0, 0.05) is 58.9 Å². The fourth-order valence-corrected chi connectivity index (χ4v) is 3.68. The van der Waals surface area contributed by atoms with E-state index in [1.807, 2.05) is 27.7 Å². The SMILES string of the molecule is CCC(COC(=O)C(C)CN1CC1)(COC(=O)C(C)CN1CC1)COC(=O)C(C)CN1CC1. The third-order valence-electron chi connectivity index (χ3n) is 6.73. The highest BCUT2D eigenvalue weighted by Gasteiger charge is 2.37. The predicted molar refractivity (Wildman–Crippen MR) is 122 cm³/mol. The van der Waals surface area contributed by atoms with Crippen molar-refractivity contribution in [1.82, 2.24) is 14.7 Å². The first-order valence-corrected chi connectivity index (χ1v) is 12.4. The van der Waals surface area contributed by atoms with Crippen LogP contribution < -0.4 is 0 Å². The van der Waals surface area contributed by atoms with Gasteiger partial charge in [-0.25, -0.2) is 0 Å². The van der Waals surface area contributed by atoms with Gasteiger partial charge in [0.05, 0.1) is 23.2 Å². The molecule has 0 bridgehead atoms. The van der Waals surface area contributed by atoms with Crippen LogP contribution in [0.5, 0.6) is 0 Å². The molecule has 3 unspecified atom stereocenters. The molecule has 3 aliphatic heterocycles. The zero-order valence-electron chi connectivity index (χ0n) is 20.7. The van der Waals surface area contributed by atoms with Crippen LogP contribution in [-0.4, -0.2) is 111 Å². The lowest BCUT2D eigenvalue weighted by atomic mass is 9.87. The van der Waals surface area contributed by atoms with E-state index in [2.05, 4.69) is 14.7 Å². The first-order valence-electron chi connectivity index (χ1n) is 12.4. The van der Waals surface area contributed by atoms with Crippen LogP contribution in [0.3, 0.4) is 0 Å². The molecule has 0 aromatic rings. The maximum absolute atomic E-state index is 12.5. The lowest BCUT2D eigenvalue weighted by molar-refractivity contribution is -0.167. The molecule has 0 saturated carbocycles. The van der Waals surface area contributed by atoms with Gasteiger partial charge in [-0.15, -0.1) is 0 Å². The summed E-state index contributed by atoms with van der Waals surface area (Å²) in [5, 5.41) is 0. The third-order valence-corrected chi connectivity index (χ3v) is 6.73. The van der Waals surface area contributed by atoms with Crippen molar-refractivity contribution in [1.29, 1.82) is 0 Å². The quantitative estimate of drug-likeness (QED) is 0.186. The van der Waals surface area contributed by atoms with E-state index in [9.17, 15) is 14.4 Å². The van der Waals surface area contributed by atoms with Crippen molar-refractivity contribution in [2.24, 2.45) is 23.2 Å². The van der Waals surface area contributed by atoms with Crippen molar-refractivity contribution in [3.8, 4) is 0 Å². The standard InChI is InChI=1S/C24H41N3O6/c1-5-24(15-31-21(28)18(2)12-25-6-7-25,16-32-22(29)19(3)13-26-8-9-26)17-33-23(30)20(4)14-27-10-11-27/h18-20H,5-17H2,1-4H3. The Kier molecular flexibility index (Phi) is 9.12. The van der Waals surface area contributed by atoms with Crippen molar-refractivity contribution in [3.05, 3.63) is 0 Å². The average Bonchev–Trinajstić information content (AvgIpc) is 3.62. The topological polar surface area (TPSA) is 87.9 Å². The summed E-state index contributed by atoms with van der Waals surface area (Å²) < 4.78 is 17.0. The van der Waals surface area contributed by atoms with Crippen molar-refractivity contribution in [3.63, 3.8) is 0 Å². The number of ether oxygens (including phenoxy) is 3. The Balaban J connectivity index is 1.55. The number of hydrogen-bond donors (Lipinski definition) is 0. The molecule has 3 rings (SSSR count). The van der Waals surface area contributed by atoms with Gasteiger partial charge in [-0.1, -0.05) is 27.7 Å². The van der Waals surface area contributed by atoms with Crippen LogP contribution in [-0.2, 0) is 28.6 Å². The van der Waals surface area contributed by atoms with Gasteiger partial charge in [0.2, 0.25) is 0 Å². The highest BCUT2D eigenvalue weighted by atomic mass is 16.6. The molecule has 3 heterocycles. The molecule has 9 nitrogen and oxygen atoms in total. The highest BCUT2D eigenvalue weighted by Crippen LogP contribution is 2.26. The van der Waals surface area contributed by atoms with Crippen LogP contribution in [0.2, 0.25) is 0 Å². The zero-order chi connectivity index (χ0) is 24.0. The first kappa shape index (κ1) is 25.9. The maximum atomic E-state index is 12.5. The number of hydrogen-bond acceptors (Lipinski definition) is 9. The number of carbonyl (C=O) groups excluding carboxylic acids is 3. The Morgan fingerprint density at radius 2 is 0.909 bits per heavy atom. The first-order chi connectivity index (χ1) is 15.7. The van der Waals surface area contributed by atoms with E-state index in [4.69, 9.17) is 14.2 Å². The van der Waals surface area contributed by atoms with Crippen LogP contribution in [0.1, 0.15) is 34.1 Å². The van der Waals surface area contributed by atoms with Crippen molar-refractivity contribution < 1.29 is 28.6 Å². The number of esters is 3. The lowest BCUT2D eigenvalue weighted by Gasteiger charge is -2.32. The van der Waals surface area contributed by atoms with E-state index in [0.29, 0.717) is 26.1 Å². The molecule has 3 fully saturated rings. The number of carbonyl (C=O) groups is 3. The zero-order valence-corrected chi connectivity index (χ0v) is 20.7. The molecule has 0 amide bonds. The van der Waals surface area contributed by atoms with Gasteiger partial charge in [-0.2, -0.15) is 0 Å². The Labute approximate surface area is 197 Å². The van der Waals surface area contributed by atoms with Gasteiger partial charge in [0.15, 0.2) is 0 Å². The summed E-state index contributed by atoms with van der Waals surface area (Å²) in [6.45, 7) is 15.8. The number of rotatable bonds is 16. The smallest absolute Gasteiger partial charge is 0.309 e. The molecule has 0 aromatic heterocycles. The summed E-state index contributed by atoms with van der Waals surface area (Å²) in [5.41, 5.74) is -0.764. The normalized spacial score (nSPS) is 22.5. The second-order valence-electron chi connectivity index (χ2n) is 10.3.